The molecule has 0 aliphatic carbocycles. The fraction of sp³-hybridized carbons (Fsp3) is 0.385. The normalized spacial score (nSPS) is 10.9. The zero-order valence-corrected chi connectivity index (χ0v) is 12.6. The van der Waals surface area contributed by atoms with Crippen molar-refractivity contribution in [2.75, 3.05) is 6.54 Å². The summed E-state index contributed by atoms with van der Waals surface area (Å²) in [5, 5.41) is 6.99. The third-order valence-corrected chi connectivity index (χ3v) is 3.22. The van der Waals surface area contributed by atoms with Crippen LogP contribution in [0.3, 0.4) is 0 Å². The minimum atomic E-state index is -0.0634. The molecule has 0 atom stereocenters. The van der Waals surface area contributed by atoms with E-state index in [1.165, 1.54) is 0 Å². The van der Waals surface area contributed by atoms with Gasteiger partial charge in [0.2, 0.25) is 0 Å². The average Bonchev–Trinajstić information content (AvgIpc) is 2.98. The molecule has 0 saturated heterocycles. The highest BCUT2D eigenvalue weighted by atomic mass is 79.9. The molecule has 102 valence electrons. The summed E-state index contributed by atoms with van der Waals surface area (Å²) in [6.45, 7) is 5.32. The van der Waals surface area contributed by atoms with Crippen LogP contribution in [0.5, 0.6) is 0 Å². The molecule has 0 aliphatic heterocycles. The molecule has 2 aromatic rings. The predicted molar refractivity (Wildman–Crippen MR) is 77.1 cm³/mol. The van der Waals surface area contributed by atoms with Gasteiger partial charge in [-0.2, -0.15) is 5.10 Å². The third-order valence-electron chi connectivity index (χ3n) is 2.79. The first kappa shape index (κ1) is 13.9. The van der Waals surface area contributed by atoms with Gasteiger partial charge in [-0.25, -0.2) is 0 Å². The number of aromatic nitrogens is 3. The fourth-order valence-corrected chi connectivity index (χ4v) is 2.30. The second-order valence-electron chi connectivity index (χ2n) is 4.57. The summed E-state index contributed by atoms with van der Waals surface area (Å²) in [4.78, 5) is 12.1. The Balaban J connectivity index is 1.96. The number of nitrogens with zero attached hydrogens (tertiary/aromatic N) is 3. The van der Waals surface area contributed by atoms with E-state index in [-0.39, 0.29) is 11.9 Å². The summed E-state index contributed by atoms with van der Waals surface area (Å²) < 4.78 is 4.66. The standard InChI is InChI=1S/C13H17BrN4O/c1-10(2)18-9-11(14)8-12(18)13(19)15-5-7-17-6-3-4-16-17/h3-4,6,8-10H,5,7H2,1-2H3,(H,15,19). The number of carbonyl (C=O) groups excluding carboxylic acids is 1. The maximum absolute atomic E-state index is 12.1. The molecule has 0 bridgehead atoms. The zero-order chi connectivity index (χ0) is 13.8. The van der Waals surface area contributed by atoms with Gasteiger partial charge >= 0.3 is 0 Å². The Labute approximate surface area is 120 Å². The second kappa shape index (κ2) is 6.06. The molecular formula is C13H17BrN4O. The molecule has 19 heavy (non-hydrogen) atoms. The number of hydrogen-bond acceptors (Lipinski definition) is 2. The van der Waals surface area contributed by atoms with Crippen molar-refractivity contribution in [3.8, 4) is 0 Å². The molecule has 0 unspecified atom stereocenters. The Morgan fingerprint density at radius 1 is 1.53 bits per heavy atom. The number of rotatable bonds is 5. The zero-order valence-electron chi connectivity index (χ0n) is 11.0. The molecule has 0 aliphatic rings. The molecule has 1 amide bonds. The van der Waals surface area contributed by atoms with E-state index >= 15 is 0 Å². The quantitative estimate of drug-likeness (QED) is 0.918. The van der Waals surface area contributed by atoms with Crippen LogP contribution in [0.2, 0.25) is 0 Å². The van der Waals surface area contributed by atoms with Gasteiger partial charge in [0.15, 0.2) is 0 Å². The molecule has 2 heterocycles. The number of amides is 1. The van der Waals surface area contributed by atoms with Crippen LogP contribution in [-0.4, -0.2) is 26.8 Å². The molecule has 0 saturated carbocycles. The van der Waals surface area contributed by atoms with Crippen LogP contribution in [0, 0.1) is 0 Å². The summed E-state index contributed by atoms with van der Waals surface area (Å²) in [5.74, 6) is -0.0634. The number of nitrogens with one attached hydrogen (secondary N) is 1. The van der Waals surface area contributed by atoms with Crippen LogP contribution in [0.15, 0.2) is 35.2 Å². The monoisotopic (exact) mass is 324 g/mol. The number of hydrogen-bond donors (Lipinski definition) is 1. The molecule has 2 aromatic heterocycles. The lowest BCUT2D eigenvalue weighted by molar-refractivity contribution is 0.0941. The van der Waals surface area contributed by atoms with E-state index < -0.39 is 0 Å². The first-order valence-corrected chi connectivity index (χ1v) is 7.00. The van der Waals surface area contributed by atoms with Crippen molar-refractivity contribution < 1.29 is 4.79 Å². The van der Waals surface area contributed by atoms with E-state index in [2.05, 4.69) is 26.3 Å². The van der Waals surface area contributed by atoms with Gasteiger partial charge < -0.3 is 9.88 Å². The first-order valence-electron chi connectivity index (χ1n) is 6.21. The molecule has 5 nitrogen and oxygen atoms in total. The summed E-state index contributed by atoms with van der Waals surface area (Å²) in [6, 6.07) is 3.95. The van der Waals surface area contributed by atoms with Gasteiger partial charge in [-0.1, -0.05) is 0 Å². The summed E-state index contributed by atoms with van der Waals surface area (Å²) >= 11 is 3.40. The lowest BCUT2D eigenvalue weighted by Crippen LogP contribution is -2.29. The minimum absolute atomic E-state index is 0.0634. The Kier molecular flexibility index (Phi) is 4.42. The van der Waals surface area contributed by atoms with Gasteiger partial charge in [0.25, 0.3) is 5.91 Å². The summed E-state index contributed by atoms with van der Waals surface area (Å²) in [5.41, 5.74) is 0.669. The third kappa shape index (κ3) is 3.47. The Morgan fingerprint density at radius 3 is 2.95 bits per heavy atom. The molecule has 6 heteroatoms. The van der Waals surface area contributed by atoms with Crippen molar-refractivity contribution in [1.82, 2.24) is 19.7 Å². The van der Waals surface area contributed by atoms with Gasteiger partial charge in [0.05, 0.1) is 6.54 Å². The Morgan fingerprint density at radius 2 is 2.32 bits per heavy atom. The topological polar surface area (TPSA) is 51.9 Å². The molecule has 0 fully saturated rings. The highest BCUT2D eigenvalue weighted by Gasteiger charge is 2.14. The van der Waals surface area contributed by atoms with Crippen LogP contribution in [0.4, 0.5) is 0 Å². The number of halogens is 1. The van der Waals surface area contributed by atoms with Crippen LogP contribution < -0.4 is 5.32 Å². The Hall–Kier alpha value is -1.56. The average molecular weight is 325 g/mol. The Bertz CT molecular complexity index is 545. The molecule has 0 radical (unpaired) electrons. The van der Waals surface area contributed by atoms with Crippen LogP contribution in [0.1, 0.15) is 30.4 Å². The van der Waals surface area contributed by atoms with Crippen molar-refractivity contribution in [2.45, 2.75) is 26.4 Å². The lowest BCUT2D eigenvalue weighted by atomic mass is 10.3. The van der Waals surface area contributed by atoms with Crippen molar-refractivity contribution in [3.63, 3.8) is 0 Å². The van der Waals surface area contributed by atoms with E-state index in [1.807, 2.05) is 42.9 Å². The second-order valence-corrected chi connectivity index (χ2v) is 5.49. The van der Waals surface area contributed by atoms with Crippen molar-refractivity contribution in [1.29, 1.82) is 0 Å². The highest BCUT2D eigenvalue weighted by Crippen LogP contribution is 2.19. The van der Waals surface area contributed by atoms with Crippen molar-refractivity contribution in [3.05, 3.63) is 40.9 Å². The molecule has 0 aromatic carbocycles. The van der Waals surface area contributed by atoms with Crippen molar-refractivity contribution in [2.24, 2.45) is 0 Å². The molecular weight excluding hydrogens is 308 g/mol. The maximum Gasteiger partial charge on any atom is 0.268 e. The van der Waals surface area contributed by atoms with Gasteiger partial charge in [-0.15, -0.1) is 0 Å². The SMILES string of the molecule is CC(C)n1cc(Br)cc1C(=O)NCCn1cccn1. The van der Waals surface area contributed by atoms with E-state index in [0.717, 1.165) is 4.47 Å². The summed E-state index contributed by atoms with van der Waals surface area (Å²) in [7, 11) is 0. The van der Waals surface area contributed by atoms with E-state index in [4.69, 9.17) is 0 Å². The molecule has 0 spiro atoms. The van der Waals surface area contributed by atoms with Crippen molar-refractivity contribution >= 4 is 21.8 Å². The fourth-order valence-electron chi connectivity index (χ4n) is 1.86. The minimum Gasteiger partial charge on any atom is -0.349 e. The van der Waals surface area contributed by atoms with Crippen LogP contribution in [0.25, 0.3) is 0 Å². The van der Waals surface area contributed by atoms with Gasteiger partial charge in [0, 0.05) is 35.6 Å². The predicted octanol–water partition coefficient (Wildman–Crippen LogP) is 2.46. The van der Waals surface area contributed by atoms with E-state index in [1.54, 1.807) is 10.9 Å². The van der Waals surface area contributed by atoms with Gasteiger partial charge in [-0.3, -0.25) is 9.48 Å². The van der Waals surface area contributed by atoms with E-state index in [0.29, 0.717) is 18.8 Å². The van der Waals surface area contributed by atoms with Gasteiger partial charge in [-0.05, 0) is 41.9 Å². The lowest BCUT2D eigenvalue weighted by Gasteiger charge is -2.12. The number of carbonyl (C=O) groups is 1. The van der Waals surface area contributed by atoms with Gasteiger partial charge in [0.1, 0.15) is 5.69 Å². The molecule has 1 N–H and O–H groups in total. The smallest absolute Gasteiger partial charge is 0.268 e. The largest absolute Gasteiger partial charge is 0.349 e. The maximum atomic E-state index is 12.1. The van der Waals surface area contributed by atoms with E-state index in [9.17, 15) is 4.79 Å². The molecule has 2 rings (SSSR count). The van der Waals surface area contributed by atoms with Crippen LogP contribution >= 0.6 is 15.9 Å². The van der Waals surface area contributed by atoms with Crippen LogP contribution in [-0.2, 0) is 6.54 Å². The highest BCUT2D eigenvalue weighted by molar-refractivity contribution is 9.10. The first-order chi connectivity index (χ1) is 9.08. The summed E-state index contributed by atoms with van der Waals surface area (Å²) in [6.07, 6.45) is 5.52.